The number of halogens is 5. The quantitative estimate of drug-likeness (QED) is 0.318. The van der Waals surface area contributed by atoms with Crippen molar-refractivity contribution >= 4 is 0 Å². The molecule has 1 aliphatic rings. The van der Waals surface area contributed by atoms with Gasteiger partial charge in [-0.25, -0.2) is 22.0 Å². The summed E-state index contributed by atoms with van der Waals surface area (Å²) in [5.41, 5.74) is 0.684. The van der Waals surface area contributed by atoms with Crippen LogP contribution >= 0.6 is 0 Å². The molecule has 2 aromatic carbocycles. The summed E-state index contributed by atoms with van der Waals surface area (Å²) in [6.07, 6.45) is 6.62. The van der Waals surface area contributed by atoms with Crippen LogP contribution in [0, 0.1) is 46.8 Å². The first kappa shape index (κ1) is 22.8. The molecule has 0 spiro atoms. The van der Waals surface area contributed by atoms with Gasteiger partial charge in [0, 0.05) is 5.56 Å². The zero-order chi connectivity index (χ0) is 21.8. The molecule has 1 atom stereocenters. The van der Waals surface area contributed by atoms with Gasteiger partial charge in [0.25, 0.3) is 0 Å². The van der Waals surface area contributed by atoms with Crippen molar-refractivity contribution in [1.29, 1.82) is 0 Å². The van der Waals surface area contributed by atoms with Gasteiger partial charge >= 0.3 is 0 Å². The molecular formula is C25H29F5. The molecular weight excluding hydrogens is 395 g/mol. The van der Waals surface area contributed by atoms with Crippen molar-refractivity contribution in [1.82, 2.24) is 0 Å². The molecule has 1 saturated carbocycles. The lowest BCUT2D eigenvalue weighted by molar-refractivity contribution is 0.210. The van der Waals surface area contributed by atoms with E-state index in [4.69, 9.17) is 0 Å². The van der Waals surface area contributed by atoms with Gasteiger partial charge in [-0.2, -0.15) is 0 Å². The molecule has 0 amide bonds. The van der Waals surface area contributed by atoms with Gasteiger partial charge in [-0.05, 0) is 85.3 Å². The first-order chi connectivity index (χ1) is 14.3. The topological polar surface area (TPSA) is 0 Å². The van der Waals surface area contributed by atoms with Gasteiger partial charge in [0.2, 0.25) is 0 Å². The Morgan fingerprint density at radius 3 is 1.83 bits per heavy atom. The van der Waals surface area contributed by atoms with Crippen LogP contribution in [0.15, 0.2) is 24.3 Å². The highest BCUT2D eigenvalue weighted by atomic mass is 19.2. The molecule has 0 nitrogen and oxygen atoms in total. The van der Waals surface area contributed by atoms with Gasteiger partial charge < -0.3 is 0 Å². The van der Waals surface area contributed by atoms with E-state index >= 15 is 0 Å². The Morgan fingerprint density at radius 1 is 0.767 bits per heavy atom. The Balaban J connectivity index is 1.64. The first-order valence-corrected chi connectivity index (χ1v) is 10.9. The third kappa shape index (κ3) is 5.41. The van der Waals surface area contributed by atoms with Crippen molar-refractivity contribution < 1.29 is 22.0 Å². The smallest absolute Gasteiger partial charge is 0.194 e. The Morgan fingerprint density at radius 2 is 1.30 bits per heavy atom. The normalized spacial score (nSPS) is 20.4. The standard InChI is InChI=1S/C25H29F5/c1-3-16-4-7-19(8-5-16)15(2)10-18-13-21(26)20(22(27)14-18)9-6-17-11-23(28)25(30)24(29)12-17/h11-16,19H,3-10H2,1-2H3. The molecule has 0 heterocycles. The minimum Gasteiger partial charge on any atom is -0.207 e. The number of hydrogen-bond donors (Lipinski definition) is 0. The van der Waals surface area contributed by atoms with Crippen LogP contribution in [0.4, 0.5) is 22.0 Å². The fourth-order valence-electron chi connectivity index (χ4n) is 4.74. The van der Waals surface area contributed by atoms with E-state index in [1.165, 1.54) is 44.2 Å². The van der Waals surface area contributed by atoms with Gasteiger partial charge in [0.1, 0.15) is 11.6 Å². The maximum atomic E-state index is 14.6. The highest BCUT2D eigenvalue weighted by molar-refractivity contribution is 5.28. The fraction of sp³-hybridized carbons (Fsp3) is 0.520. The lowest BCUT2D eigenvalue weighted by Gasteiger charge is -2.32. The van der Waals surface area contributed by atoms with Gasteiger partial charge in [-0.1, -0.05) is 33.1 Å². The second kappa shape index (κ2) is 9.93. The average Bonchev–Trinajstić information content (AvgIpc) is 2.71. The summed E-state index contributed by atoms with van der Waals surface area (Å²) in [5.74, 6) is -3.68. The van der Waals surface area contributed by atoms with Crippen LogP contribution in [0.2, 0.25) is 0 Å². The van der Waals surface area contributed by atoms with Crippen LogP contribution in [0.25, 0.3) is 0 Å². The maximum Gasteiger partial charge on any atom is 0.194 e. The fourth-order valence-corrected chi connectivity index (χ4v) is 4.74. The predicted molar refractivity (Wildman–Crippen MR) is 109 cm³/mol. The molecule has 0 saturated heterocycles. The molecule has 0 aromatic heterocycles. The Bertz CT molecular complexity index is 822. The largest absolute Gasteiger partial charge is 0.207 e. The summed E-state index contributed by atoms with van der Waals surface area (Å²) >= 11 is 0. The van der Waals surface area contributed by atoms with E-state index in [1.807, 2.05) is 0 Å². The van der Waals surface area contributed by atoms with E-state index in [0.717, 1.165) is 18.1 Å². The van der Waals surface area contributed by atoms with Crippen LogP contribution in [-0.4, -0.2) is 0 Å². The lowest BCUT2D eigenvalue weighted by atomic mass is 9.74. The van der Waals surface area contributed by atoms with E-state index in [0.29, 0.717) is 23.8 Å². The molecule has 2 aromatic rings. The van der Waals surface area contributed by atoms with Crippen LogP contribution in [0.3, 0.4) is 0 Å². The summed E-state index contributed by atoms with van der Waals surface area (Å²) in [5, 5.41) is 0. The van der Waals surface area contributed by atoms with Crippen LogP contribution in [0.1, 0.15) is 62.6 Å². The summed E-state index contributed by atoms with van der Waals surface area (Å²) in [4.78, 5) is 0. The van der Waals surface area contributed by atoms with Gasteiger partial charge in [0.05, 0.1) is 0 Å². The third-order valence-electron chi connectivity index (χ3n) is 6.74. The van der Waals surface area contributed by atoms with Crippen LogP contribution in [0.5, 0.6) is 0 Å². The minimum atomic E-state index is -1.54. The van der Waals surface area contributed by atoms with Crippen LogP contribution in [-0.2, 0) is 19.3 Å². The predicted octanol–water partition coefficient (Wildman–Crippen LogP) is 7.56. The van der Waals surface area contributed by atoms with Crippen molar-refractivity contribution in [2.24, 2.45) is 17.8 Å². The summed E-state index contributed by atoms with van der Waals surface area (Å²) in [6.45, 7) is 4.38. The van der Waals surface area contributed by atoms with E-state index in [2.05, 4.69) is 13.8 Å². The Hall–Kier alpha value is -1.91. The summed E-state index contributed by atoms with van der Waals surface area (Å²) in [7, 11) is 0. The number of hydrogen-bond acceptors (Lipinski definition) is 0. The van der Waals surface area contributed by atoms with Crippen molar-refractivity contribution in [3.05, 3.63) is 70.0 Å². The van der Waals surface area contributed by atoms with Gasteiger partial charge in [-0.3, -0.25) is 0 Å². The molecule has 30 heavy (non-hydrogen) atoms. The molecule has 1 fully saturated rings. The highest BCUT2D eigenvalue weighted by Crippen LogP contribution is 2.36. The first-order valence-electron chi connectivity index (χ1n) is 10.9. The van der Waals surface area contributed by atoms with Crippen molar-refractivity contribution in [3.8, 4) is 0 Å². The molecule has 1 aliphatic carbocycles. The third-order valence-corrected chi connectivity index (χ3v) is 6.74. The monoisotopic (exact) mass is 424 g/mol. The molecule has 0 aliphatic heterocycles. The van der Waals surface area contributed by atoms with Crippen molar-refractivity contribution in [2.75, 3.05) is 0 Å². The van der Waals surface area contributed by atoms with Crippen LogP contribution < -0.4 is 0 Å². The second-order valence-corrected chi connectivity index (χ2v) is 8.78. The molecule has 0 N–H and O–H groups in total. The van der Waals surface area contributed by atoms with Gasteiger partial charge in [0.15, 0.2) is 17.5 Å². The van der Waals surface area contributed by atoms with Crippen molar-refractivity contribution in [3.63, 3.8) is 0 Å². The summed E-state index contributed by atoms with van der Waals surface area (Å²) in [6, 6.07) is 4.46. The molecule has 1 unspecified atom stereocenters. The SMILES string of the molecule is CCC1CCC(C(C)Cc2cc(F)c(CCc3cc(F)c(F)c(F)c3)c(F)c2)CC1. The zero-order valence-electron chi connectivity index (χ0n) is 17.6. The molecule has 5 heteroatoms. The molecule has 3 rings (SSSR count). The number of rotatable bonds is 7. The molecule has 0 bridgehead atoms. The Kier molecular flexibility index (Phi) is 7.54. The lowest BCUT2D eigenvalue weighted by Crippen LogP contribution is -2.21. The minimum absolute atomic E-state index is 0.0123. The zero-order valence-corrected chi connectivity index (χ0v) is 17.6. The second-order valence-electron chi connectivity index (χ2n) is 8.78. The van der Waals surface area contributed by atoms with E-state index in [-0.39, 0.29) is 24.0 Å². The van der Waals surface area contributed by atoms with E-state index in [9.17, 15) is 22.0 Å². The Labute approximate surface area is 175 Å². The van der Waals surface area contributed by atoms with E-state index in [1.54, 1.807) is 0 Å². The summed E-state index contributed by atoms with van der Waals surface area (Å²) < 4.78 is 68.9. The number of aryl methyl sites for hydroxylation is 1. The highest BCUT2D eigenvalue weighted by Gasteiger charge is 2.25. The molecule has 0 radical (unpaired) electrons. The van der Waals surface area contributed by atoms with Crippen molar-refractivity contribution in [2.45, 2.75) is 65.2 Å². The molecule has 164 valence electrons. The number of benzene rings is 2. The van der Waals surface area contributed by atoms with Gasteiger partial charge in [-0.15, -0.1) is 0 Å². The van der Waals surface area contributed by atoms with E-state index < -0.39 is 29.1 Å². The maximum absolute atomic E-state index is 14.6. The average molecular weight is 424 g/mol.